The van der Waals surface area contributed by atoms with Crippen LogP contribution in [0.25, 0.3) is 17.0 Å². The molecular weight excluding hydrogens is 446 g/mol. The van der Waals surface area contributed by atoms with E-state index in [9.17, 15) is 14.8 Å². The maximum atomic E-state index is 14.2. The minimum Gasteiger partial charge on any atom is -0.483 e. The van der Waals surface area contributed by atoms with Crippen molar-refractivity contribution in [2.75, 3.05) is 13.7 Å². The van der Waals surface area contributed by atoms with E-state index in [4.69, 9.17) is 9.47 Å². The Morgan fingerprint density at radius 3 is 2.71 bits per heavy atom. The lowest BCUT2D eigenvalue weighted by atomic mass is 9.50. The van der Waals surface area contributed by atoms with Gasteiger partial charge in [-0.15, -0.1) is 0 Å². The number of rotatable bonds is 1. The number of benzene rings is 1. The van der Waals surface area contributed by atoms with E-state index in [1.54, 1.807) is 7.11 Å². The SMILES string of the molecule is CO[C@H]1c2c(n(O)c3c4c(ccc23)OC(C)(C)C=C4)C(C)(C)[C@@H]2C[C@]34CCCN3C(=O)[C@]12NC4=O. The Morgan fingerprint density at radius 2 is 1.97 bits per heavy atom. The van der Waals surface area contributed by atoms with E-state index in [-0.39, 0.29) is 17.7 Å². The Balaban J connectivity index is 1.55. The predicted molar refractivity (Wildman–Crippen MR) is 128 cm³/mol. The Labute approximate surface area is 203 Å². The fourth-order valence-electron chi connectivity index (χ4n) is 8.04. The Morgan fingerprint density at radius 1 is 1.20 bits per heavy atom. The molecule has 2 aromatic rings. The molecule has 5 aliphatic heterocycles. The summed E-state index contributed by atoms with van der Waals surface area (Å²) in [5.41, 5.74) is -0.158. The zero-order valence-electron chi connectivity index (χ0n) is 20.8. The Hall–Kier alpha value is -3.00. The monoisotopic (exact) mass is 477 g/mol. The van der Waals surface area contributed by atoms with Crippen molar-refractivity contribution >= 4 is 28.8 Å². The number of carbonyl (C=O) groups is 2. The fourth-order valence-corrected chi connectivity index (χ4v) is 8.04. The van der Waals surface area contributed by atoms with Crippen molar-refractivity contribution in [3.63, 3.8) is 0 Å². The van der Waals surface area contributed by atoms with Gasteiger partial charge in [0.15, 0.2) is 5.54 Å². The van der Waals surface area contributed by atoms with Crippen LogP contribution in [-0.4, -0.2) is 57.0 Å². The van der Waals surface area contributed by atoms with E-state index < -0.39 is 28.2 Å². The van der Waals surface area contributed by atoms with E-state index in [0.717, 1.165) is 28.6 Å². The quantitative estimate of drug-likeness (QED) is 0.615. The topological polar surface area (TPSA) is 93.0 Å². The molecule has 2 N–H and O–H groups in total. The number of methoxy groups -OCH3 is 1. The van der Waals surface area contributed by atoms with Crippen molar-refractivity contribution < 1.29 is 24.3 Å². The van der Waals surface area contributed by atoms with E-state index in [2.05, 4.69) is 19.2 Å². The number of hydrogen-bond acceptors (Lipinski definition) is 5. The highest BCUT2D eigenvalue weighted by Crippen LogP contribution is 2.63. The van der Waals surface area contributed by atoms with Crippen LogP contribution in [0.5, 0.6) is 5.75 Å². The van der Waals surface area contributed by atoms with Gasteiger partial charge in [-0.3, -0.25) is 9.59 Å². The van der Waals surface area contributed by atoms with E-state index in [1.165, 1.54) is 4.73 Å². The predicted octanol–water partition coefficient (Wildman–Crippen LogP) is 3.29. The molecule has 1 aliphatic carbocycles. The second-order valence-corrected chi connectivity index (χ2v) is 12.0. The summed E-state index contributed by atoms with van der Waals surface area (Å²) in [6.07, 6.45) is 5.30. The zero-order chi connectivity index (χ0) is 24.7. The summed E-state index contributed by atoms with van der Waals surface area (Å²) in [5.74, 6) is 0.333. The number of amides is 2. The van der Waals surface area contributed by atoms with Gasteiger partial charge in [0.2, 0.25) is 5.91 Å². The Bertz CT molecular complexity index is 1390. The van der Waals surface area contributed by atoms with Gasteiger partial charge in [-0.1, -0.05) is 13.8 Å². The lowest BCUT2D eigenvalue weighted by Crippen LogP contribution is -2.85. The van der Waals surface area contributed by atoms with E-state index in [0.29, 0.717) is 30.7 Å². The first-order chi connectivity index (χ1) is 16.5. The van der Waals surface area contributed by atoms with Crippen molar-refractivity contribution in [1.82, 2.24) is 14.9 Å². The third-order valence-corrected chi connectivity index (χ3v) is 9.49. The van der Waals surface area contributed by atoms with E-state index in [1.807, 2.05) is 43.0 Å². The van der Waals surface area contributed by atoms with Crippen LogP contribution in [0.4, 0.5) is 0 Å². The maximum absolute atomic E-state index is 14.2. The lowest BCUT2D eigenvalue weighted by Gasteiger charge is -2.65. The number of fused-ring (bicyclic) bond motifs is 6. The van der Waals surface area contributed by atoms with Gasteiger partial charge in [0.05, 0.1) is 11.2 Å². The molecule has 184 valence electrons. The third-order valence-electron chi connectivity index (χ3n) is 9.49. The van der Waals surface area contributed by atoms with Gasteiger partial charge in [0, 0.05) is 41.5 Å². The number of piperidine rings is 2. The summed E-state index contributed by atoms with van der Waals surface area (Å²) < 4.78 is 13.6. The molecule has 6 aliphatic rings. The van der Waals surface area contributed by atoms with Gasteiger partial charge in [0.1, 0.15) is 23.0 Å². The number of carbonyl (C=O) groups excluding carboxylic acids is 2. The van der Waals surface area contributed by atoms with Crippen molar-refractivity contribution in [2.45, 2.75) is 75.2 Å². The second-order valence-electron chi connectivity index (χ2n) is 12.0. The number of aromatic nitrogens is 1. The second kappa shape index (κ2) is 6.03. The van der Waals surface area contributed by atoms with Gasteiger partial charge < -0.3 is 24.9 Å². The summed E-state index contributed by atoms with van der Waals surface area (Å²) in [6, 6.07) is 3.85. The summed E-state index contributed by atoms with van der Waals surface area (Å²) in [5, 5.41) is 15.7. The van der Waals surface area contributed by atoms with Crippen LogP contribution < -0.4 is 10.1 Å². The summed E-state index contributed by atoms with van der Waals surface area (Å²) in [7, 11) is 1.59. The van der Waals surface area contributed by atoms with Gasteiger partial charge in [-0.25, -0.2) is 0 Å². The van der Waals surface area contributed by atoms with Crippen molar-refractivity contribution in [2.24, 2.45) is 5.92 Å². The highest BCUT2D eigenvalue weighted by Gasteiger charge is 2.76. The number of ether oxygens (including phenoxy) is 2. The largest absolute Gasteiger partial charge is 0.483 e. The number of nitrogens with one attached hydrogen (secondary N) is 1. The molecule has 0 unspecified atom stereocenters. The van der Waals surface area contributed by atoms with Crippen molar-refractivity contribution in [1.29, 1.82) is 0 Å². The molecule has 2 amide bonds. The van der Waals surface area contributed by atoms with Crippen LogP contribution in [0, 0.1) is 5.92 Å². The summed E-state index contributed by atoms with van der Waals surface area (Å²) in [4.78, 5) is 29.5. The summed E-state index contributed by atoms with van der Waals surface area (Å²) >= 11 is 0. The normalized spacial score (nSPS) is 35.3. The molecule has 8 heteroatoms. The third kappa shape index (κ3) is 2.15. The molecule has 4 saturated heterocycles. The first-order valence-electron chi connectivity index (χ1n) is 12.5. The van der Waals surface area contributed by atoms with Gasteiger partial charge in [0.25, 0.3) is 5.91 Å². The van der Waals surface area contributed by atoms with Crippen LogP contribution in [0.1, 0.15) is 69.9 Å². The highest BCUT2D eigenvalue weighted by atomic mass is 16.5. The molecular formula is C27H31N3O5. The zero-order valence-corrected chi connectivity index (χ0v) is 20.8. The maximum Gasteiger partial charge on any atom is 0.252 e. The summed E-state index contributed by atoms with van der Waals surface area (Å²) in [6.45, 7) is 8.73. The lowest BCUT2D eigenvalue weighted by molar-refractivity contribution is -0.193. The molecule has 4 fully saturated rings. The average Bonchev–Trinajstić information content (AvgIpc) is 3.36. The Kier molecular flexibility index (Phi) is 3.67. The van der Waals surface area contributed by atoms with Crippen LogP contribution in [0.15, 0.2) is 18.2 Å². The van der Waals surface area contributed by atoms with E-state index >= 15 is 0 Å². The molecule has 2 spiro atoms. The molecule has 6 heterocycles. The van der Waals surface area contributed by atoms with Crippen LogP contribution in [0.3, 0.4) is 0 Å². The molecule has 0 saturated carbocycles. The molecule has 1 aromatic carbocycles. The minimum atomic E-state index is -1.22. The molecule has 8 rings (SSSR count). The number of nitrogens with zero attached hydrogens (tertiary/aromatic N) is 2. The first-order valence-corrected chi connectivity index (χ1v) is 12.5. The standard InChI is InChI=1S/C27H31N3O5/c1-24(2)11-9-14-16(35-24)8-7-15-18-20(30(33)19(14)15)25(3,4)17-13-26-10-6-12-29(26)23(32)27(17,21(18)34-5)28-22(26)31/h7-9,11,17,21,33H,6,10,12-13H2,1-5H3,(H,28,31)/t17-,21-,26-,27+/m0/s1. The number of piperazine rings is 1. The van der Waals surface area contributed by atoms with Gasteiger partial charge in [-0.05, 0) is 57.4 Å². The van der Waals surface area contributed by atoms with Crippen molar-refractivity contribution in [3.8, 4) is 5.75 Å². The fraction of sp³-hybridized carbons (Fsp3) is 0.556. The van der Waals surface area contributed by atoms with Gasteiger partial charge in [-0.2, -0.15) is 4.73 Å². The van der Waals surface area contributed by atoms with Crippen LogP contribution >= 0.6 is 0 Å². The molecule has 0 radical (unpaired) electrons. The van der Waals surface area contributed by atoms with Gasteiger partial charge >= 0.3 is 0 Å². The highest BCUT2D eigenvalue weighted by molar-refractivity contribution is 6.07. The van der Waals surface area contributed by atoms with Crippen LogP contribution in [-0.2, 0) is 19.7 Å². The molecule has 2 bridgehead atoms. The molecule has 35 heavy (non-hydrogen) atoms. The molecule has 8 nitrogen and oxygen atoms in total. The molecule has 4 atom stereocenters. The molecule has 1 aromatic heterocycles. The average molecular weight is 478 g/mol. The minimum absolute atomic E-state index is 0.0572. The van der Waals surface area contributed by atoms with Crippen LogP contribution in [0.2, 0.25) is 0 Å². The first kappa shape index (κ1) is 21.3. The smallest absolute Gasteiger partial charge is 0.252 e. The van der Waals surface area contributed by atoms with Crippen molar-refractivity contribution in [3.05, 3.63) is 35.0 Å². The number of hydrogen-bond donors (Lipinski definition) is 2.